The van der Waals surface area contributed by atoms with Gasteiger partial charge in [0.1, 0.15) is 11.5 Å². The Hall–Kier alpha value is -3.73. The molecule has 0 spiro atoms. The Balaban J connectivity index is 1.25. The summed E-state index contributed by atoms with van der Waals surface area (Å²) in [6, 6.07) is 10.4. The summed E-state index contributed by atoms with van der Waals surface area (Å²) in [7, 11) is 2.13. The van der Waals surface area contributed by atoms with E-state index in [1.807, 2.05) is 42.1 Å². The third kappa shape index (κ3) is 6.50. The van der Waals surface area contributed by atoms with Gasteiger partial charge in [0.05, 0.1) is 23.4 Å². The molecule has 3 aliphatic heterocycles. The maximum absolute atomic E-state index is 14.4. The first-order valence-corrected chi connectivity index (χ1v) is 16.5. The summed E-state index contributed by atoms with van der Waals surface area (Å²) in [5.41, 5.74) is 4.76. The predicted octanol–water partition coefficient (Wildman–Crippen LogP) is 6.13. The number of fused-ring (bicyclic) bond motifs is 1. The van der Waals surface area contributed by atoms with Gasteiger partial charge in [0.2, 0.25) is 5.95 Å². The zero-order valence-corrected chi connectivity index (χ0v) is 26.4. The molecule has 1 aromatic carbocycles. The predicted molar refractivity (Wildman–Crippen MR) is 175 cm³/mol. The minimum absolute atomic E-state index is 0.0831. The van der Waals surface area contributed by atoms with E-state index < -0.39 is 0 Å². The molecule has 3 aliphatic rings. The molecule has 1 N–H and O–H groups in total. The number of pyridine rings is 1. The minimum Gasteiger partial charge on any atom is -0.381 e. The number of nitrogens with zero attached hydrogens (tertiary/aromatic N) is 6. The van der Waals surface area contributed by atoms with E-state index >= 15 is 0 Å². The fourth-order valence-corrected chi connectivity index (χ4v) is 6.95. The number of likely N-dealkylation sites (tertiary alicyclic amines) is 1. The van der Waals surface area contributed by atoms with Crippen LogP contribution < -0.4 is 10.9 Å². The first kappa shape index (κ1) is 30.0. The minimum atomic E-state index is -0.0831. The van der Waals surface area contributed by atoms with Crippen LogP contribution in [0.15, 0.2) is 47.5 Å². The second-order valence-corrected chi connectivity index (χ2v) is 12.9. The summed E-state index contributed by atoms with van der Waals surface area (Å²) >= 11 is 0. The van der Waals surface area contributed by atoms with Gasteiger partial charge in [-0.05, 0) is 101 Å². The Morgan fingerprint density at radius 3 is 2.53 bits per heavy atom. The van der Waals surface area contributed by atoms with Crippen LogP contribution in [-0.4, -0.2) is 62.8 Å². The Labute approximate surface area is 264 Å². The smallest absolute Gasteiger partial charge is 0.261 e. The van der Waals surface area contributed by atoms with Gasteiger partial charge < -0.3 is 14.8 Å². The van der Waals surface area contributed by atoms with E-state index in [4.69, 9.17) is 24.4 Å². The van der Waals surface area contributed by atoms with Crippen LogP contribution >= 0.6 is 0 Å². The first-order valence-electron chi connectivity index (χ1n) is 16.5. The van der Waals surface area contributed by atoms with Gasteiger partial charge in [0, 0.05) is 49.8 Å². The standard InChI is InChI=1S/C35H43N7O3/c1-23-20-36-32(29-7-3-5-15-41(29)2)39-31(23)28-19-26-21-37-35(38-27-11-9-25(10-12-27)30-8-4-6-16-45-30)40-33(26)42(34(28)43)22-24-13-17-44-18-14-24/h9-12,19-21,24,29-30H,3-8,13-18,22H2,1-2H3,(H,37,38,40). The van der Waals surface area contributed by atoms with Gasteiger partial charge in [-0.25, -0.2) is 15.0 Å². The summed E-state index contributed by atoms with van der Waals surface area (Å²) in [6.45, 7) is 5.82. The molecule has 45 heavy (non-hydrogen) atoms. The number of benzene rings is 1. The van der Waals surface area contributed by atoms with Crippen molar-refractivity contribution in [1.82, 2.24) is 29.4 Å². The largest absolute Gasteiger partial charge is 0.381 e. The molecule has 3 saturated heterocycles. The molecule has 6 heterocycles. The number of hydrogen-bond acceptors (Lipinski definition) is 9. The number of hydrogen-bond donors (Lipinski definition) is 1. The third-order valence-electron chi connectivity index (χ3n) is 9.64. The molecule has 10 nitrogen and oxygen atoms in total. The van der Waals surface area contributed by atoms with Gasteiger partial charge in [-0.15, -0.1) is 0 Å². The van der Waals surface area contributed by atoms with E-state index in [0.29, 0.717) is 48.5 Å². The van der Waals surface area contributed by atoms with Gasteiger partial charge in [-0.1, -0.05) is 18.6 Å². The highest BCUT2D eigenvalue weighted by atomic mass is 16.5. The Morgan fingerprint density at radius 1 is 0.933 bits per heavy atom. The lowest BCUT2D eigenvalue weighted by Gasteiger charge is -2.31. The molecule has 2 atom stereocenters. The van der Waals surface area contributed by atoms with E-state index in [2.05, 4.69) is 34.4 Å². The van der Waals surface area contributed by atoms with Gasteiger partial charge in [-0.3, -0.25) is 14.3 Å². The van der Waals surface area contributed by atoms with E-state index in [0.717, 1.165) is 74.1 Å². The highest BCUT2D eigenvalue weighted by Crippen LogP contribution is 2.31. The van der Waals surface area contributed by atoms with Crippen LogP contribution in [0.2, 0.25) is 0 Å². The van der Waals surface area contributed by atoms with Crippen LogP contribution in [0.25, 0.3) is 22.3 Å². The number of ether oxygens (including phenoxy) is 2. The third-order valence-corrected chi connectivity index (χ3v) is 9.64. The number of aromatic nitrogens is 5. The Kier molecular flexibility index (Phi) is 8.87. The zero-order chi connectivity index (χ0) is 30.8. The normalized spacial score (nSPS) is 21.6. The fourth-order valence-electron chi connectivity index (χ4n) is 6.95. The topological polar surface area (TPSA) is 107 Å². The average molecular weight is 610 g/mol. The Morgan fingerprint density at radius 2 is 1.76 bits per heavy atom. The van der Waals surface area contributed by atoms with Crippen LogP contribution in [0.1, 0.15) is 80.5 Å². The first-order chi connectivity index (χ1) is 22.0. The summed E-state index contributed by atoms with van der Waals surface area (Å²) in [5.74, 6) is 1.57. The van der Waals surface area contributed by atoms with Crippen molar-refractivity contribution in [2.45, 2.75) is 77.0 Å². The van der Waals surface area contributed by atoms with Crippen LogP contribution in [0.4, 0.5) is 11.6 Å². The summed E-state index contributed by atoms with van der Waals surface area (Å²) in [5, 5.41) is 4.16. The summed E-state index contributed by atoms with van der Waals surface area (Å²) < 4.78 is 13.4. The fraction of sp³-hybridized carbons (Fsp3) is 0.514. The van der Waals surface area contributed by atoms with Gasteiger partial charge in [-0.2, -0.15) is 4.98 Å². The quantitative estimate of drug-likeness (QED) is 0.265. The van der Waals surface area contributed by atoms with Crippen molar-refractivity contribution >= 4 is 22.7 Å². The number of aryl methyl sites for hydroxylation is 1. The molecule has 0 bridgehead atoms. The van der Waals surface area contributed by atoms with Crippen LogP contribution in [0, 0.1) is 12.8 Å². The van der Waals surface area contributed by atoms with Crippen molar-refractivity contribution in [1.29, 1.82) is 0 Å². The number of nitrogens with one attached hydrogen (secondary N) is 1. The Bertz CT molecular complexity index is 1690. The highest BCUT2D eigenvalue weighted by Gasteiger charge is 2.26. The molecule has 4 aromatic rings. The van der Waals surface area contributed by atoms with Crippen molar-refractivity contribution in [3.05, 3.63) is 70.0 Å². The number of piperidine rings is 1. The summed E-state index contributed by atoms with van der Waals surface area (Å²) in [6.07, 6.45) is 12.4. The maximum atomic E-state index is 14.4. The van der Waals surface area contributed by atoms with Gasteiger partial charge >= 0.3 is 0 Å². The molecule has 7 rings (SSSR count). The summed E-state index contributed by atoms with van der Waals surface area (Å²) in [4.78, 5) is 36.0. The van der Waals surface area contributed by atoms with Crippen LogP contribution in [0.3, 0.4) is 0 Å². The molecule has 0 radical (unpaired) electrons. The van der Waals surface area contributed by atoms with Crippen molar-refractivity contribution < 1.29 is 9.47 Å². The van der Waals surface area contributed by atoms with Crippen molar-refractivity contribution in [2.75, 3.05) is 38.7 Å². The average Bonchev–Trinajstić information content (AvgIpc) is 3.08. The van der Waals surface area contributed by atoms with E-state index in [9.17, 15) is 4.79 Å². The lowest BCUT2D eigenvalue weighted by atomic mass is 9.99. The molecule has 0 amide bonds. The van der Waals surface area contributed by atoms with Crippen LogP contribution in [-0.2, 0) is 16.0 Å². The molecule has 10 heteroatoms. The molecule has 2 unspecified atom stereocenters. The molecule has 236 valence electrons. The van der Waals surface area contributed by atoms with Crippen molar-refractivity contribution in [3.8, 4) is 11.3 Å². The van der Waals surface area contributed by atoms with Gasteiger partial charge in [0.25, 0.3) is 5.56 Å². The van der Waals surface area contributed by atoms with Crippen LogP contribution in [0.5, 0.6) is 0 Å². The zero-order valence-electron chi connectivity index (χ0n) is 26.4. The second kappa shape index (κ2) is 13.3. The van der Waals surface area contributed by atoms with Gasteiger partial charge in [0.15, 0.2) is 0 Å². The lowest BCUT2D eigenvalue weighted by Crippen LogP contribution is -2.31. The molecule has 3 aromatic heterocycles. The highest BCUT2D eigenvalue weighted by molar-refractivity contribution is 5.81. The van der Waals surface area contributed by atoms with E-state index in [1.54, 1.807) is 0 Å². The number of rotatable bonds is 7. The molecule has 0 aliphatic carbocycles. The molecular weight excluding hydrogens is 566 g/mol. The number of anilines is 2. The molecule has 3 fully saturated rings. The van der Waals surface area contributed by atoms with Crippen molar-refractivity contribution in [2.24, 2.45) is 5.92 Å². The van der Waals surface area contributed by atoms with E-state index in [-0.39, 0.29) is 17.7 Å². The van der Waals surface area contributed by atoms with E-state index in [1.165, 1.54) is 18.4 Å². The monoisotopic (exact) mass is 609 g/mol. The second-order valence-electron chi connectivity index (χ2n) is 12.9. The SMILES string of the molecule is Cc1cnc(C2CCCCN2C)nc1-c1cc2cnc(Nc3ccc(C4CCCCO4)cc3)nc2n(CC2CCOCC2)c1=O. The van der Waals surface area contributed by atoms with Crippen molar-refractivity contribution in [3.63, 3.8) is 0 Å². The maximum Gasteiger partial charge on any atom is 0.261 e. The molecular formula is C35H43N7O3. The lowest BCUT2D eigenvalue weighted by molar-refractivity contribution is 0.0150. The molecule has 0 saturated carbocycles.